The highest BCUT2D eigenvalue weighted by Crippen LogP contribution is 2.11. The molecular formula is C13H16N4O. The number of carbonyl (C=O) groups is 1. The van der Waals surface area contributed by atoms with Gasteiger partial charge in [0.2, 0.25) is 0 Å². The number of hydrogen-bond donors (Lipinski definition) is 1. The van der Waals surface area contributed by atoms with Crippen molar-refractivity contribution < 1.29 is 4.79 Å². The van der Waals surface area contributed by atoms with E-state index in [1.807, 2.05) is 10.8 Å². The van der Waals surface area contributed by atoms with Gasteiger partial charge in [-0.1, -0.05) is 6.92 Å². The first-order valence-electron chi connectivity index (χ1n) is 5.96. The van der Waals surface area contributed by atoms with Gasteiger partial charge in [-0.05, 0) is 18.6 Å². The Labute approximate surface area is 106 Å². The average Bonchev–Trinajstić information content (AvgIpc) is 2.78. The smallest absolute Gasteiger partial charge is 0.190 e. The number of rotatable bonds is 5. The van der Waals surface area contributed by atoms with Crippen LogP contribution >= 0.6 is 0 Å². The van der Waals surface area contributed by atoms with Crippen molar-refractivity contribution in [2.24, 2.45) is 0 Å². The van der Waals surface area contributed by atoms with Crippen LogP contribution in [-0.2, 0) is 13.0 Å². The molecule has 0 unspecified atom stereocenters. The van der Waals surface area contributed by atoms with E-state index in [4.69, 9.17) is 5.73 Å². The van der Waals surface area contributed by atoms with Gasteiger partial charge in [0.05, 0.1) is 12.1 Å². The second-order valence-electron chi connectivity index (χ2n) is 4.08. The number of ketones is 1. The number of imidazole rings is 1. The number of pyridine rings is 1. The fraction of sp³-hybridized carbons (Fsp3) is 0.308. The maximum atomic E-state index is 12.1. The zero-order valence-electron chi connectivity index (χ0n) is 10.3. The molecule has 94 valence electrons. The molecule has 0 fully saturated rings. The molecule has 2 N–H and O–H groups in total. The van der Waals surface area contributed by atoms with Crippen LogP contribution in [0.2, 0.25) is 0 Å². The van der Waals surface area contributed by atoms with Gasteiger partial charge in [-0.25, -0.2) is 4.98 Å². The Morgan fingerprint density at radius 3 is 2.94 bits per heavy atom. The number of nitrogen functional groups attached to an aromatic ring is 1. The zero-order valence-corrected chi connectivity index (χ0v) is 10.3. The maximum Gasteiger partial charge on any atom is 0.190 e. The van der Waals surface area contributed by atoms with E-state index in [1.54, 1.807) is 24.5 Å². The number of Topliss-reactive ketones (excluding diaryl/α,β-unsaturated/α-hetero) is 1. The third-order valence-electron chi connectivity index (χ3n) is 2.69. The first-order valence-corrected chi connectivity index (χ1v) is 5.96. The minimum Gasteiger partial charge on any atom is -0.397 e. The monoisotopic (exact) mass is 244 g/mol. The summed E-state index contributed by atoms with van der Waals surface area (Å²) in [5.74, 6) is 0.656. The Bertz CT molecular complexity index is 547. The van der Waals surface area contributed by atoms with E-state index in [0.717, 1.165) is 18.8 Å². The Hall–Kier alpha value is -2.17. The van der Waals surface area contributed by atoms with Gasteiger partial charge < -0.3 is 10.3 Å². The molecule has 5 heteroatoms. The summed E-state index contributed by atoms with van der Waals surface area (Å²) in [5, 5.41) is 0. The Morgan fingerprint density at radius 1 is 1.39 bits per heavy atom. The van der Waals surface area contributed by atoms with Crippen LogP contribution in [0.15, 0.2) is 30.7 Å². The summed E-state index contributed by atoms with van der Waals surface area (Å²) in [4.78, 5) is 20.3. The van der Waals surface area contributed by atoms with E-state index in [2.05, 4.69) is 16.9 Å². The lowest BCUT2D eigenvalue weighted by atomic mass is 10.1. The van der Waals surface area contributed by atoms with Crippen LogP contribution in [0.5, 0.6) is 0 Å². The Kier molecular flexibility index (Phi) is 3.72. The lowest BCUT2D eigenvalue weighted by molar-refractivity contribution is 0.0986. The highest BCUT2D eigenvalue weighted by atomic mass is 16.1. The summed E-state index contributed by atoms with van der Waals surface area (Å²) in [6.07, 6.45) is 6.40. The predicted octanol–water partition coefficient (Wildman–Crippen LogP) is 1.70. The highest BCUT2D eigenvalue weighted by molar-refractivity contribution is 5.99. The van der Waals surface area contributed by atoms with E-state index in [0.29, 0.717) is 11.4 Å². The van der Waals surface area contributed by atoms with Gasteiger partial charge in [0.1, 0.15) is 11.5 Å². The third kappa shape index (κ3) is 2.56. The van der Waals surface area contributed by atoms with Gasteiger partial charge >= 0.3 is 0 Å². The van der Waals surface area contributed by atoms with Crippen LogP contribution in [-0.4, -0.2) is 20.3 Å². The second kappa shape index (κ2) is 5.44. The molecule has 0 aliphatic rings. The van der Waals surface area contributed by atoms with Crippen LogP contribution in [0, 0.1) is 0 Å². The molecule has 0 aliphatic heterocycles. The molecule has 0 bridgehead atoms. The van der Waals surface area contributed by atoms with Crippen LogP contribution in [0.1, 0.15) is 29.7 Å². The lowest BCUT2D eigenvalue weighted by Gasteiger charge is -2.06. The highest BCUT2D eigenvalue weighted by Gasteiger charge is 2.14. The van der Waals surface area contributed by atoms with Crippen molar-refractivity contribution in [3.63, 3.8) is 0 Å². The summed E-state index contributed by atoms with van der Waals surface area (Å²) in [6, 6.07) is 3.39. The summed E-state index contributed by atoms with van der Waals surface area (Å²) < 4.78 is 1.98. The maximum absolute atomic E-state index is 12.1. The number of aryl methyl sites for hydroxylation is 1. The topological polar surface area (TPSA) is 73.8 Å². The number of carbonyl (C=O) groups excluding carboxylic acids is 1. The molecule has 0 aromatic carbocycles. The van der Waals surface area contributed by atoms with E-state index >= 15 is 0 Å². The molecule has 0 radical (unpaired) electrons. The van der Waals surface area contributed by atoms with Crippen molar-refractivity contribution in [3.8, 4) is 0 Å². The van der Waals surface area contributed by atoms with Crippen molar-refractivity contribution in [3.05, 3.63) is 42.2 Å². The Balaban J connectivity index is 2.17. The molecule has 5 nitrogen and oxygen atoms in total. The minimum absolute atomic E-state index is 0.100. The summed E-state index contributed by atoms with van der Waals surface area (Å²) in [5.41, 5.74) is 6.47. The van der Waals surface area contributed by atoms with Crippen molar-refractivity contribution in [2.75, 3.05) is 5.73 Å². The van der Waals surface area contributed by atoms with Gasteiger partial charge in [-0.15, -0.1) is 0 Å². The number of aromatic nitrogens is 3. The quantitative estimate of drug-likeness (QED) is 0.812. The first kappa shape index (κ1) is 12.3. The molecule has 0 spiro atoms. The van der Waals surface area contributed by atoms with Crippen LogP contribution < -0.4 is 5.73 Å². The van der Waals surface area contributed by atoms with E-state index in [9.17, 15) is 4.79 Å². The molecule has 2 aromatic heterocycles. The average molecular weight is 244 g/mol. The van der Waals surface area contributed by atoms with Gasteiger partial charge in [-0.3, -0.25) is 9.78 Å². The zero-order chi connectivity index (χ0) is 13.0. The van der Waals surface area contributed by atoms with Gasteiger partial charge in [0.15, 0.2) is 5.78 Å². The number of nitrogens with zero attached hydrogens (tertiary/aromatic N) is 3. The number of nitrogens with two attached hydrogens (primary N) is 1. The van der Waals surface area contributed by atoms with Crippen LogP contribution in [0.3, 0.4) is 0 Å². The van der Waals surface area contributed by atoms with Gasteiger partial charge in [-0.2, -0.15) is 0 Å². The van der Waals surface area contributed by atoms with Crippen molar-refractivity contribution in [1.29, 1.82) is 0 Å². The SMILES string of the molecule is CCCn1ccnc1CC(=O)c1ncccc1N. The molecule has 2 rings (SSSR count). The molecule has 0 atom stereocenters. The van der Waals surface area contributed by atoms with Crippen molar-refractivity contribution in [1.82, 2.24) is 14.5 Å². The predicted molar refractivity (Wildman–Crippen MR) is 69.2 cm³/mol. The molecule has 0 aliphatic carbocycles. The molecular weight excluding hydrogens is 228 g/mol. The normalized spacial score (nSPS) is 10.5. The van der Waals surface area contributed by atoms with Crippen molar-refractivity contribution in [2.45, 2.75) is 26.3 Å². The van der Waals surface area contributed by atoms with Gasteiger partial charge in [0, 0.05) is 25.1 Å². The third-order valence-corrected chi connectivity index (χ3v) is 2.69. The van der Waals surface area contributed by atoms with Crippen molar-refractivity contribution >= 4 is 11.5 Å². The van der Waals surface area contributed by atoms with E-state index < -0.39 is 0 Å². The summed E-state index contributed by atoms with van der Waals surface area (Å²) >= 11 is 0. The minimum atomic E-state index is -0.100. The summed E-state index contributed by atoms with van der Waals surface area (Å²) in [7, 11) is 0. The van der Waals surface area contributed by atoms with Crippen LogP contribution in [0.25, 0.3) is 0 Å². The van der Waals surface area contributed by atoms with E-state index in [-0.39, 0.29) is 12.2 Å². The molecule has 0 amide bonds. The fourth-order valence-corrected chi connectivity index (χ4v) is 1.83. The second-order valence-corrected chi connectivity index (χ2v) is 4.08. The Morgan fingerprint density at radius 2 is 2.22 bits per heavy atom. The standard InChI is InChI=1S/C13H16N4O/c1-2-7-17-8-6-15-12(17)9-11(18)13-10(14)4-3-5-16-13/h3-6,8H,2,7,9,14H2,1H3. The summed E-state index contributed by atoms with van der Waals surface area (Å²) in [6.45, 7) is 2.95. The van der Waals surface area contributed by atoms with Crippen LogP contribution in [0.4, 0.5) is 5.69 Å². The van der Waals surface area contributed by atoms with Gasteiger partial charge in [0.25, 0.3) is 0 Å². The number of anilines is 1. The molecule has 2 heterocycles. The first-order chi connectivity index (χ1) is 8.72. The molecule has 0 saturated heterocycles. The van der Waals surface area contributed by atoms with E-state index in [1.165, 1.54) is 0 Å². The lowest BCUT2D eigenvalue weighted by Crippen LogP contribution is -2.13. The molecule has 18 heavy (non-hydrogen) atoms. The fourth-order valence-electron chi connectivity index (χ4n) is 1.83. The number of hydrogen-bond acceptors (Lipinski definition) is 4. The molecule has 2 aromatic rings. The molecule has 0 saturated carbocycles. The largest absolute Gasteiger partial charge is 0.397 e.